The molecule has 102 valence electrons. The lowest BCUT2D eigenvalue weighted by Gasteiger charge is -2.41. The standard InChI is InChI=1S/C7H8.C6H12N2.C2H6O/c1-7-5-3-2-4-6-7;1-2-8-5-3-7(1)4-6-8;1-2-3/h2-6H,1H3;1-6H2;3H,2H2,1H3. The molecule has 0 atom stereocenters. The van der Waals surface area contributed by atoms with Crippen molar-refractivity contribution >= 4 is 0 Å². The van der Waals surface area contributed by atoms with Crippen molar-refractivity contribution in [1.29, 1.82) is 0 Å². The van der Waals surface area contributed by atoms with Gasteiger partial charge in [0.25, 0.3) is 0 Å². The molecule has 1 aromatic rings. The van der Waals surface area contributed by atoms with Gasteiger partial charge in [-0.3, -0.25) is 9.80 Å². The van der Waals surface area contributed by atoms with Gasteiger partial charge in [-0.2, -0.15) is 0 Å². The third kappa shape index (κ3) is 6.15. The van der Waals surface area contributed by atoms with Crippen LogP contribution >= 0.6 is 0 Å². The van der Waals surface area contributed by atoms with Gasteiger partial charge in [0.15, 0.2) is 0 Å². The zero-order valence-electron chi connectivity index (χ0n) is 11.7. The fourth-order valence-electron chi connectivity index (χ4n) is 2.05. The van der Waals surface area contributed by atoms with Crippen LogP contribution in [-0.2, 0) is 0 Å². The Hall–Kier alpha value is -0.900. The molecular formula is C15H26N2O. The van der Waals surface area contributed by atoms with Gasteiger partial charge in [0.05, 0.1) is 0 Å². The van der Waals surface area contributed by atoms with Gasteiger partial charge in [-0.15, -0.1) is 0 Å². The summed E-state index contributed by atoms with van der Waals surface area (Å²) in [5, 5.41) is 7.57. The van der Waals surface area contributed by atoms with Crippen LogP contribution in [0.4, 0.5) is 0 Å². The van der Waals surface area contributed by atoms with Crippen molar-refractivity contribution in [2.24, 2.45) is 0 Å². The Morgan fingerprint density at radius 1 is 0.889 bits per heavy atom. The Kier molecular flexibility index (Phi) is 7.65. The minimum Gasteiger partial charge on any atom is -0.397 e. The largest absolute Gasteiger partial charge is 0.397 e. The molecule has 0 spiro atoms. The number of nitrogens with zero attached hydrogens (tertiary/aromatic N) is 2. The molecule has 0 unspecified atom stereocenters. The lowest BCUT2D eigenvalue weighted by atomic mass is 10.2. The number of benzene rings is 1. The first-order valence-electron chi connectivity index (χ1n) is 6.83. The van der Waals surface area contributed by atoms with Crippen LogP contribution in [0.25, 0.3) is 0 Å². The number of aryl methyl sites for hydroxylation is 1. The van der Waals surface area contributed by atoms with Gasteiger partial charge in [0.2, 0.25) is 0 Å². The predicted octanol–water partition coefficient (Wildman–Crippen LogP) is 1.61. The van der Waals surface area contributed by atoms with Crippen molar-refractivity contribution in [2.45, 2.75) is 13.8 Å². The quantitative estimate of drug-likeness (QED) is 0.758. The molecule has 3 aliphatic rings. The fourth-order valence-corrected chi connectivity index (χ4v) is 2.05. The van der Waals surface area contributed by atoms with Crippen LogP contribution in [0.2, 0.25) is 0 Å². The first kappa shape index (κ1) is 15.2. The zero-order chi connectivity index (χ0) is 13.2. The summed E-state index contributed by atoms with van der Waals surface area (Å²) in [6.07, 6.45) is 0. The second-order valence-electron chi connectivity index (χ2n) is 4.65. The summed E-state index contributed by atoms with van der Waals surface area (Å²) in [5.41, 5.74) is 1.32. The molecule has 0 aliphatic carbocycles. The van der Waals surface area contributed by atoms with Gasteiger partial charge in [-0.05, 0) is 13.8 Å². The van der Waals surface area contributed by atoms with E-state index in [1.165, 1.54) is 44.8 Å². The summed E-state index contributed by atoms with van der Waals surface area (Å²) in [5.74, 6) is 0. The molecule has 1 aromatic carbocycles. The Bertz CT molecular complexity index is 272. The monoisotopic (exact) mass is 250 g/mol. The SMILES string of the molecule is C1CN2CCN1CC2.CCO.Cc1ccccc1. The smallest absolute Gasteiger partial charge is 0.0402 e. The van der Waals surface area contributed by atoms with E-state index in [9.17, 15) is 0 Å². The van der Waals surface area contributed by atoms with Crippen LogP contribution in [0.15, 0.2) is 30.3 Å². The average Bonchev–Trinajstić information content (AvgIpc) is 2.43. The molecule has 3 nitrogen and oxygen atoms in total. The first-order valence-corrected chi connectivity index (χ1v) is 6.83. The summed E-state index contributed by atoms with van der Waals surface area (Å²) in [4.78, 5) is 5.08. The highest BCUT2D eigenvalue weighted by atomic mass is 16.2. The van der Waals surface area contributed by atoms with Crippen molar-refractivity contribution in [2.75, 3.05) is 45.9 Å². The fraction of sp³-hybridized carbons (Fsp3) is 0.600. The van der Waals surface area contributed by atoms with Crippen molar-refractivity contribution in [3.8, 4) is 0 Å². The Labute approximate surface area is 111 Å². The van der Waals surface area contributed by atoms with Crippen molar-refractivity contribution in [1.82, 2.24) is 9.80 Å². The molecule has 18 heavy (non-hydrogen) atoms. The van der Waals surface area contributed by atoms with E-state index in [1.54, 1.807) is 6.92 Å². The van der Waals surface area contributed by atoms with E-state index in [4.69, 9.17) is 5.11 Å². The number of fused-ring (bicyclic) bond motifs is 3. The lowest BCUT2D eigenvalue weighted by Crippen LogP contribution is -2.55. The highest BCUT2D eigenvalue weighted by Crippen LogP contribution is 2.06. The first-order chi connectivity index (χ1) is 8.76. The lowest BCUT2D eigenvalue weighted by molar-refractivity contribution is 0.0647. The van der Waals surface area contributed by atoms with Crippen molar-refractivity contribution in [3.63, 3.8) is 0 Å². The molecule has 2 bridgehead atoms. The van der Waals surface area contributed by atoms with E-state index < -0.39 is 0 Å². The highest BCUT2D eigenvalue weighted by Gasteiger charge is 2.21. The maximum absolute atomic E-state index is 7.57. The molecule has 0 amide bonds. The van der Waals surface area contributed by atoms with Gasteiger partial charge in [0.1, 0.15) is 0 Å². The predicted molar refractivity (Wildman–Crippen MR) is 76.8 cm³/mol. The Balaban J connectivity index is 0.000000150. The maximum atomic E-state index is 7.57. The molecule has 3 aliphatic heterocycles. The minimum atomic E-state index is 0.250. The third-order valence-electron chi connectivity index (χ3n) is 3.14. The van der Waals surface area contributed by atoms with Crippen LogP contribution in [-0.4, -0.2) is 60.8 Å². The van der Waals surface area contributed by atoms with E-state index in [-0.39, 0.29) is 6.61 Å². The zero-order valence-corrected chi connectivity index (χ0v) is 11.7. The number of aliphatic hydroxyl groups is 1. The maximum Gasteiger partial charge on any atom is 0.0402 e. The molecule has 3 heterocycles. The van der Waals surface area contributed by atoms with Crippen molar-refractivity contribution in [3.05, 3.63) is 35.9 Å². The van der Waals surface area contributed by atoms with Gasteiger partial charge >= 0.3 is 0 Å². The Morgan fingerprint density at radius 3 is 1.39 bits per heavy atom. The van der Waals surface area contributed by atoms with E-state index >= 15 is 0 Å². The van der Waals surface area contributed by atoms with Gasteiger partial charge in [-0.25, -0.2) is 0 Å². The second-order valence-corrected chi connectivity index (χ2v) is 4.65. The summed E-state index contributed by atoms with van der Waals surface area (Å²) >= 11 is 0. The molecule has 0 aromatic heterocycles. The van der Waals surface area contributed by atoms with E-state index in [0.29, 0.717) is 0 Å². The number of aliphatic hydroxyl groups excluding tert-OH is 1. The Morgan fingerprint density at radius 2 is 1.22 bits per heavy atom. The van der Waals surface area contributed by atoms with E-state index in [2.05, 4.69) is 28.9 Å². The molecule has 3 saturated heterocycles. The summed E-state index contributed by atoms with van der Waals surface area (Å²) < 4.78 is 0. The van der Waals surface area contributed by atoms with Gasteiger partial charge < -0.3 is 5.11 Å². The minimum absolute atomic E-state index is 0.250. The van der Waals surface area contributed by atoms with E-state index in [0.717, 1.165) is 0 Å². The van der Waals surface area contributed by atoms with Crippen LogP contribution in [0.3, 0.4) is 0 Å². The number of hydrogen-bond acceptors (Lipinski definition) is 3. The highest BCUT2D eigenvalue weighted by molar-refractivity contribution is 5.11. The van der Waals surface area contributed by atoms with Gasteiger partial charge in [-0.1, -0.05) is 35.9 Å². The molecule has 1 N–H and O–H groups in total. The van der Waals surface area contributed by atoms with Crippen LogP contribution < -0.4 is 0 Å². The van der Waals surface area contributed by atoms with Crippen molar-refractivity contribution < 1.29 is 5.11 Å². The number of hydrogen-bond donors (Lipinski definition) is 1. The number of rotatable bonds is 0. The molecule has 0 saturated carbocycles. The summed E-state index contributed by atoms with van der Waals surface area (Å²) in [6, 6.07) is 10.3. The van der Waals surface area contributed by atoms with E-state index in [1.807, 2.05) is 18.2 Å². The number of piperazine rings is 3. The second kappa shape index (κ2) is 9.09. The molecule has 3 fully saturated rings. The average molecular weight is 250 g/mol. The summed E-state index contributed by atoms with van der Waals surface area (Å²) in [7, 11) is 0. The molecule has 3 heteroatoms. The molecule has 0 radical (unpaired) electrons. The third-order valence-corrected chi connectivity index (χ3v) is 3.14. The van der Waals surface area contributed by atoms with Gasteiger partial charge in [0, 0.05) is 45.9 Å². The van der Waals surface area contributed by atoms with Crippen LogP contribution in [0.1, 0.15) is 12.5 Å². The van der Waals surface area contributed by atoms with Crippen LogP contribution in [0, 0.1) is 6.92 Å². The topological polar surface area (TPSA) is 26.7 Å². The molecular weight excluding hydrogens is 224 g/mol. The summed E-state index contributed by atoms with van der Waals surface area (Å²) in [6.45, 7) is 11.9. The van der Waals surface area contributed by atoms with Crippen LogP contribution in [0.5, 0.6) is 0 Å². The molecule has 4 rings (SSSR count). The normalized spacial score (nSPS) is 24.4.